The van der Waals surface area contributed by atoms with Crippen LogP contribution in [0.15, 0.2) is 0 Å². The van der Waals surface area contributed by atoms with E-state index >= 15 is 0 Å². The maximum atomic E-state index is 10.8. The second-order valence-electron chi connectivity index (χ2n) is 2.20. The lowest BCUT2D eigenvalue weighted by Crippen LogP contribution is -2.11. The van der Waals surface area contributed by atoms with Crippen LogP contribution in [0.25, 0.3) is 0 Å². The van der Waals surface area contributed by atoms with Crippen LogP contribution >= 0.6 is 35.1 Å². The lowest BCUT2D eigenvalue weighted by molar-refractivity contribution is 0.106. The highest BCUT2D eigenvalue weighted by molar-refractivity contribution is 6.68. The molecule has 6 nitrogen and oxygen atoms in total. The molecule has 0 radical (unpaired) electrons. The Bertz CT molecular complexity index is 380. The van der Waals surface area contributed by atoms with E-state index in [9.17, 15) is 9.59 Å². The first-order valence-electron chi connectivity index (χ1n) is 3.42. The number of carbonyl (C=O) groups excluding carboxylic acids is 2. The van der Waals surface area contributed by atoms with E-state index in [0.29, 0.717) is 0 Å². The van der Waals surface area contributed by atoms with Gasteiger partial charge in [-0.1, -0.05) is 0 Å². The Hall–Kier alpha value is -0.820. The second-order valence-corrected chi connectivity index (χ2v) is 3.10. The molecule has 0 atom stereocenters. The predicted molar refractivity (Wildman–Crippen MR) is 50.8 cm³/mol. The molecule has 1 rings (SSSR count). The van der Waals surface area contributed by atoms with Crippen molar-refractivity contribution in [3.8, 4) is 0 Å². The number of aromatic nitrogens is 3. The Morgan fingerprint density at radius 1 is 1.07 bits per heavy atom. The molecule has 0 N–H and O–H groups in total. The zero-order valence-corrected chi connectivity index (χ0v) is 9.18. The van der Waals surface area contributed by atoms with Crippen LogP contribution in [0, 0.1) is 0 Å². The van der Waals surface area contributed by atoms with Gasteiger partial charge in [0, 0.05) is 0 Å². The van der Waals surface area contributed by atoms with Crippen molar-refractivity contribution in [1.29, 1.82) is 0 Å². The fourth-order valence-corrected chi connectivity index (χ4v) is 0.976. The minimum atomic E-state index is -0.938. The first-order valence-corrected chi connectivity index (χ1v) is 4.49. The SMILES string of the molecule is O=C(Cl)c1nc(COCl)nc(C(=O)Cl)n1. The van der Waals surface area contributed by atoms with Crippen LogP contribution in [0.1, 0.15) is 27.1 Å². The van der Waals surface area contributed by atoms with Gasteiger partial charge in [0.2, 0.25) is 11.6 Å². The molecular formula is C6H2Cl3N3O3. The van der Waals surface area contributed by atoms with Crippen LogP contribution in [0.4, 0.5) is 0 Å². The third-order valence-electron chi connectivity index (χ3n) is 1.22. The van der Waals surface area contributed by atoms with Crippen molar-refractivity contribution in [3.05, 3.63) is 17.5 Å². The number of hydrogen-bond acceptors (Lipinski definition) is 6. The van der Waals surface area contributed by atoms with Crippen LogP contribution in [-0.4, -0.2) is 25.4 Å². The first-order chi connectivity index (χ1) is 7.04. The van der Waals surface area contributed by atoms with Crippen molar-refractivity contribution in [1.82, 2.24) is 15.0 Å². The Morgan fingerprint density at radius 3 is 1.87 bits per heavy atom. The molecule has 80 valence electrons. The molecule has 0 aromatic carbocycles. The summed E-state index contributed by atoms with van der Waals surface area (Å²) >= 11 is 15.2. The molecule has 9 heteroatoms. The Balaban J connectivity index is 3.19. The number of hydrogen-bond donors (Lipinski definition) is 0. The molecule has 0 aliphatic heterocycles. The van der Waals surface area contributed by atoms with E-state index in [4.69, 9.17) is 35.1 Å². The molecule has 1 aromatic rings. The molecule has 0 aliphatic rings. The molecule has 0 unspecified atom stereocenters. The maximum absolute atomic E-state index is 10.8. The lowest BCUT2D eigenvalue weighted by atomic mass is 10.5. The van der Waals surface area contributed by atoms with E-state index in [1.807, 2.05) is 0 Å². The summed E-state index contributed by atoms with van der Waals surface area (Å²) in [5, 5.41) is -1.88. The summed E-state index contributed by atoms with van der Waals surface area (Å²) in [6.45, 7) is -0.210. The first kappa shape index (κ1) is 12.3. The second kappa shape index (κ2) is 5.32. The largest absolute Gasteiger partial charge is 0.289 e. The number of nitrogens with zero attached hydrogens (tertiary/aromatic N) is 3. The summed E-state index contributed by atoms with van der Waals surface area (Å²) in [7, 11) is 0. The molecular weight excluding hydrogens is 268 g/mol. The van der Waals surface area contributed by atoms with E-state index in [0.717, 1.165) is 0 Å². The van der Waals surface area contributed by atoms with Gasteiger partial charge in [0.15, 0.2) is 5.82 Å². The normalized spacial score (nSPS) is 10.1. The summed E-state index contributed by atoms with van der Waals surface area (Å²) in [6, 6.07) is 0. The van der Waals surface area contributed by atoms with Crippen molar-refractivity contribution >= 4 is 45.6 Å². The van der Waals surface area contributed by atoms with Gasteiger partial charge in [0.25, 0.3) is 10.5 Å². The Morgan fingerprint density at radius 2 is 1.53 bits per heavy atom. The zero-order valence-electron chi connectivity index (χ0n) is 6.91. The van der Waals surface area contributed by atoms with Gasteiger partial charge in [-0.3, -0.25) is 13.9 Å². The smallest absolute Gasteiger partial charge is 0.272 e. The third kappa shape index (κ3) is 3.35. The molecule has 0 aliphatic carbocycles. The Kier molecular flexibility index (Phi) is 4.34. The summed E-state index contributed by atoms with van der Waals surface area (Å²) < 4.78 is 4.21. The van der Waals surface area contributed by atoms with Crippen LogP contribution < -0.4 is 0 Å². The van der Waals surface area contributed by atoms with Crippen LogP contribution in [-0.2, 0) is 10.9 Å². The lowest BCUT2D eigenvalue weighted by Gasteiger charge is -1.99. The van der Waals surface area contributed by atoms with Crippen molar-refractivity contribution in [2.24, 2.45) is 0 Å². The predicted octanol–water partition coefficient (Wildman–Crippen LogP) is 1.30. The average Bonchev–Trinajstić information content (AvgIpc) is 2.17. The topological polar surface area (TPSA) is 82.0 Å². The third-order valence-corrected chi connectivity index (χ3v) is 1.66. The molecule has 0 bridgehead atoms. The number of carbonyl (C=O) groups is 2. The van der Waals surface area contributed by atoms with Gasteiger partial charge in [-0.15, -0.1) is 0 Å². The van der Waals surface area contributed by atoms with Crippen molar-refractivity contribution in [3.63, 3.8) is 0 Å². The highest BCUT2D eigenvalue weighted by Gasteiger charge is 2.15. The van der Waals surface area contributed by atoms with Gasteiger partial charge in [-0.05, 0) is 23.2 Å². The van der Waals surface area contributed by atoms with Gasteiger partial charge >= 0.3 is 0 Å². The van der Waals surface area contributed by atoms with Gasteiger partial charge in [0.05, 0.1) is 11.9 Å². The van der Waals surface area contributed by atoms with E-state index in [1.54, 1.807) is 0 Å². The van der Waals surface area contributed by atoms with Crippen molar-refractivity contribution in [2.75, 3.05) is 0 Å². The van der Waals surface area contributed by atoms with E-state index in [-0.39, 0.29) is 24.1 Å². The molecule has 0 saturated carbocycles. The summed E-state index contributed by atoms with van der Waals surface area (Å²) in [5.74, 6) is -0.799. The van der Waals surface area contributed by atoms with Gasteiger partial charge in [-0.25, -0.2) is 9.97 Å². The Labute approximate surface area is 98.7 Å². The standard InChI is InChI=1S/C6H2Cl3N3O3/c7-3(13)5-10-2(1-15-9)11-6(12-5)4(8)14/h1H2. The monoisotopic (exact) mass is 269 g/mol. The molecule has 0 fully saturated rings. The van der Waals surface area contributed by atoms with Crippen molar-refractivity contribution < 1.29 is 13.9 Å². The van der Waals surface area contributed by atoms with E-state index in [1.165, 1.54) is 0 Å². The number of halogens is 3. The molecule has 15 heavy (non-hydrogen) atoms. The summed E-state index contributed by atoms with van der Waals surface area (Å²) in [6.07, 6.45) is 0. The molecule has 0 spiro atoms. The fourth-order valence-electron chi connectivity index (χ4n) is 0.709. The highest BCUT2D eigenvalue weighted by Crippen LogP contribution is 2.04. The summed E-state index contributed by atoms with van der Waals surface area (Å²) in [5.41, 5.74) is 0. The quantitative estimate of drug-likeness (QED) is 0.767. The number of rotatable bonds is 4. The summed E-state index contributed by atoms with van der Waals surface area (Å²) in [4.78, 5) is 32.1. The molecule has 1 aromatic heterocycles. The molecule has 0 saturated heterocycles. The minimum absolute atomic E-state index is 0.0204. The maximum Gasteiger partial charge on any atom is 0.289 e. The molecule has 0 amide bonds. The van der Waals surface area contributed by atoms with Crippen LogP contribution in [0.3, 0.4) is 0 Å². The van der Waals surface area contributed by atoms with Gasteiger partial charge in [0.1, 0.15) is 6.61 Å². The van der Waals surface area contributed by atoms with Crippen molar-refractivity contribution in [2.45, 2.75) is 6.61 Å². The highest BCUT2D eigenvalue weighted by atomic mass is 35.5. The fraction of sp³-hybridized carbons (Fsp3) is 0.167. The van der Waals surface area contributed by atoms with E-state index in [2.05, 4.69) is 19.2 Å². The molecule has 1 heterocycles. The van der Waals surface area contributed by atoms with E-state index < -0.39 is 10.5 Å². The van der Waals surface area contributed by atoms with Crippen LogP contribution in [0.2, 0.25) is 0 Å². The zero-order chi connectivity index (χ0) is 11.4. The van der Waals surface area contributed by atoms with Crippen LogP contribution in [0.5, 0.6) is 0 Å². The average molecular weight is 270 g/mol. The van der Waals surface area contributed by atoms with Gasteiger partial charge in [-0.2, -0.15) is 4.98 Å². The minimum Gasteiger partial charge on any atom is -0.272 e. The van der Waals surface area contributed by atoms with Gasteiger partial charge < -0.3 is 0 Å².